The maximum absolute atomic E-state index is 5.66. The van der Waals surface area contributed by atoms with Crippen LogP contribution in [0.5, 0.6) is 0 Å². The molecule has 0 amide bonds. The molecule has 0 saturated heterocycles. The topological polar surface area (TPSA) is 48.1 Å². The molecule has 3 heteroatoms. The van der Waals surface area contributed by atoms with E-state index in [1.165, 1.54) is 5.57 Å². The van der Waals surface area contributed by atoms with Crippen LogP contribution in [0.15, 0.2) is 24.4 Å². The lowest BCUT2D eigenvalue weighted by atomic mass is 9.91. The molecule has 2 N–H and O–H groups in total. The van der Waals surface area contributed by atoms with E-state index >= 15 is 0 Å². The fraction of sp³-hybridized carbons (Fsp3) is 0.417. The summed E-state index contributed by atoms with van der Waals surface area (Å²) in [6, 6.07) is 3.90. The van der Waals surface area contributed by atoms with Crippen molar-refractivity contribution in [2.75, 3.05) is 12.3 Å². The minimum atomic E-state index is -0.0812. The van der Waals surface area contributed by atoms with Crippen LogP contribution >= 0.6 is 0 Å². The molecule has 1 aliphatic heterocycles. The summed E-state index contributed by atoms with van der Waals surface area (Å²) in [6.45, 7) is 4.87. The van der Waals surface area contributed by atoms with Crippen molar-refractivity contribution in [3.8, 4) is 0 Å². The predicted molar refractivity (Wildman–Crippen MR) is 61.3 cm³/mol. The first kappa shape index (κ1) is 10.2. The molecule has 1 aliphatic rings. The van der Waals surface area contributed by atoms with Gasteiger partial charge in [0.2, 0.25) is 0 Å². The van der Waals surface area contributed by atoms with Crippen LogP contribution in [0.3, 0.4) is 0 Å². The molecular formula is C12H16N2O. The zero-order valence-corrected chi connectivity index (χ0v) is 9.16. The van der Waals surface area contributed by atoms with Crippen molar-refractivity contribution in [2.24, 2.45) is 0 Å². The van der Waals surface area contributed by atoms with Crippen molar-refractivity contribution < 1.29 is 4.74 Å². The third-order valence-electron chi connectivity index (χ3n) is 2.57. The van der Waals surface area contributed by atoms with E-state index in [0.29, 0.717) is 12.4 Å². The first-order chi connectivity index (χ1) is 7.07. The maximum atomic E-state index is 5.66. The predicted octanol–water partition coefficient (Wildman–Crippen LogP) is 2.25. The number of nitrogen functional groups attached to an aromatic ring is 1. The Balaban J connectivity index is 2.28. The number of anilines is 1. The number of ether oxygens (including phenoxy) is 1. The first-order valence-electron chi connectivity index (χ1n) is 5.12. The standard InChI is InChI=1S/C12H16N2O/c1-12(2)8-10(4-6-15-12)9-3-5-14-11(13)7-9/h3-5,7H,6,8H2,1-2H3,(H2,13,14). The molecule has 80 valence electrons. The van der Waals surface area contributed by atoms with E-state index in [1.54, 1.807) is 6.20 Å². The van der Waals surface area contributed by atoms with E-state index in [0.717, 1.165) is 12.0 Å². The third-order valence-corrected chi connectivity index (χ3v) is 2.57. The van der Waals surface area contributed by atoms with Crippen LogP contribution in [-0.2, 0) is 4.74 Å². The maximum Gasteiger partial charge on any atom is 0.123 e. The Morgan fingerprint density at radius 2 is 2.27 bits per heavy atom. The minimum absolute atomic E-state index is 0.0812. The molecule has 0 saturated carbocycles. The van der Waals surface area contributed by atoms with Crippen molar-refractivity contribution in [2.45, 2.75) is 25.9 Å². The molecule has 0 aromatic carbocycles. The monoisotopic (exact) mass is 204 g/mol. The second-order valence-corrected chi connectivity index (χ2v) is 4.45. The van der Waals surface area contributed by atoms with Crippen LogP contribution in [0.25, 0.3) is 5.57 Å². The lowest BCUT2D eigenvalue weighted by Crippen LogP contribution is -2.28. The van der Waals surface area contributed by atoms with E-state index in [1.807, 2.05) is 12.1 Å². The number of nitrogens with two attached hydrogens (primary N) is 1. The Labute approximate surface area is 90.0 Å². The minimum Gasteiger partial charge on any atom is -0.384 e. The molecule has 1 aromatic rings. The van der Waals surface area contributed by atoms with Gasteiger partial charge in [-0.2, -0.15) is 0 Å². The summed E-state index contributed by atoms with van der Waals surface area (Å²) in [6.07, 6.45) is 4.77. The number of rotatable bonds is 1. The number of hydrogen-bond donors (Lipinski definition) is 1. The average Bonchev–Trinajstić information content (AvgIpc) is 2.16. The molecule has 0 aliphatic carbocycles. The van der Waals surface area contributed by atoms with Gasteiger partial charge in [0.25, 0.3) is 0 Å². The molecule has 0 spiro atoms. The Bertz CT molecular complexity index is 396. The van der Waals surface area contributed by atoms with Gasteiger partial charge in [-0.25, -0.2) is 4.98 Å². The van der Waals surface area contributed by atoms with Crippen molar-refractivity contribution in [1.82, 2.24) is 4.98 Å². The van der Waals surface area contributed by atoms with Gasteiger partial charge >= 0.3 is 0 Å². The highest BCUT2D eigenvalue weighted by Gasteiger charge is 2.24. The Morgan fingerprint density at radius 3 is 2.93 bits per heavy atom. The zero-order valence-electron chi connectivity index (χ0n) is 9.16. The first-order valence-corrected chi connectivity index (χ1v) is 5.12. The molecule has 0 bridgehead atoms. The molecule has 0 unspecified atom stereocenters. The van der Waals surface area contributed by atoms with Gasteiger partial charge in [0.1, 0.15) is 5.82 Å². The number of aromatic nitrogens is 1. The Hall–Kier alpha value is -1.35. The smallest absolute Gasteiger partial charge is 0.123 e. The SMILES string of the molecule is CC1(C)CC(c2ccnc(N)c2)=CCO1. The van der Waals surface area contributed by atoms with Gasteiger partial charge in [0, 0.05) is 12.6 Å². The van der Waals surface area contributed by atoms with Crippen LogP contribution in [0.2, 0.25) is 0 Å². The third kappa shape index (κ3) is 2.36. The number of nitrogens with zero attached hydrogens (tertiary/aromatic N) is 1. The lowest BCUT2D eigenvalue weighted by Gasteiger charge is -2.30. The van der Waals surface area contributed by atoms with Crippen molar-refractivity contribution in [3.05, 3.63) is 30.0 Å². The molecule has 0 fully saturated rings. The summed E-state index contributed by atoms with van der Waals surface area (Å²) in [5, 5.41) is 0. The van der Waals surface area contributed by atoms with Gasteiger partial charge < -0.3 is 10.5 Å². The van der Waals surface area contributed by atoms with E-state index < -0.39 is 0 Å². The van der Waals surface area contributed by atoms with Crippen molar-refractivity contribution in [3.63, 3.8) is 0 Å². The molecule has 2 heterocycles. The molecule has 15 heavy (non-hydrogen) atoms. The van der Waals surface area contributed by atoms with Crippen LogP contribution in [-0.4, -0.2) is 17.2 Å². The summed E-state index contributed by atoms with van der Waals surface area (Å²) in [4.78, 5) is 3.99. The van der Waals surface area contributed by atoms with Crippen LogP contribution in [0.4, 0.5) is 5.82 Å². The summed E-state index contributed by atoms with van der Waals surface area (Å²) in [5.41, 5.74) is 8.03. The summed E-state index contributed by atoms with van der Waals surface area (Å²) in [7, 11) is 0. The van der Waals surface area contributed by atoms with Gasteiger partial charge in [-0.15, -0.1) is 0 Å². The zero-order chi connectivity index (χ0) is 10.9. The van der Waals surface area contributed by atoms with Gasteiger partial charge in [-0.05, 0) is 37.1 Å². The number of pyridine rings is 1. The highest BCUT2D eigenvalue weighted by molar-refractivity contribution is 5.68. The highest BCUT2D eigenvalue weighted by Crippen LogP contribution is 2.31. The summed E-state index contributed by atoms with van der Waals surface area (Å²) >= 11 is 0. The van der Waals surface area contributed by atoms with Crippen LogP contribution in [0, 0.1) is 0 Å². The van der Waals surface area contributed by atoms with E-state index in [4.69, 9.17) is 10.5 Å². The molecule has 1 aromatic heterocycles. The molecule has 3 nitrogen and oxygen atoms in total. The van der Waals surface area contributed by atoms with Gasteiger partial charge in [-0.1, -0.05) is 6.08 Å². The van der Waals surface area contributed by atoms with E-state index in [2.05, 4.69) is 24.9 Å². The fourth-order valence-corrected chi connectivity index (χ4v) is 1.82. The molecule has 0 radical (unpaired) electrons. The molecule has 0 atom stereocenters. The second kappa shape index (κ2) is 3.66. The average molecular weight is 204 g/mol. The number of hydrogen-bond acceptors (Lipinski definition) is 3. The Kier molecular flexibility index (Phi) is 2.49. The summed E-state index contributed by atoms with van der Waals surface area (Å²) < 4.78 is 5.62. The largest absolute Gasteiger partial charge is 0.384 e. The quantitative estimate of drug-likeness (QED) is 0.763. The lowest BCUT2D eigenvalue weighted by molar-refractivity contribution is -0.00298. The van der Waals surface area contributed by atoms with Crippen molar-refractivity contribution >= 4 is 11.4 Å². The summed E-state index contributed by atoms with van der Waals surface area (Å²) in [5.74, 6) is 0.567. The van der Waals surface area contributed by atoms with Crippen molar-refractivity contribution in [1.29, 1.82) is 0 Å². The molecular weight excluding hydrogens is 188 g/mol. The van der Waals surface area contributed by atoms with E-state index in [-0.39, 0.29) is 5.60 Å². The van der Waals surface area contributed by atoms with Gasteiger partial charge in [0.05, 0.1) is 12.2 Å². The Morgan fingerprint density at radius 1 is 1.47 bits per heavy atom. The fourth-order valence-electron chi connectivity index (χ4n) is 1.82. The highest BCUT2D eigenvalue weighted by atomic mass is 16.5. The van der Waals surface area contributed by atoms with Crippen LogP contribution < -0.4 is 5.73 Å². The van der Waals surface area contributed by atoms with E-state index in [9.17, 15) is 0 Å². The second-order valence-electron chi connectivity index (χ2n) is 4.45. The normalized spacial score (nSPS) is 19.7. The van der Waals surface area contributed by atoms with Gasteiger partial charge in [-0.3, -0.25) is 0 Å². The van der Waals surface area contributed by atoms with Gasteiger partial charge in [0.15, 0.2) is 0 Å². The molecule has 2 rings (SSSR count). The van der Waals surface area contributed by atoms with Crippen LogP contribution in [0.1, 0.15) is 25.8 Å².